The Bertz CT molecular complexity index is 1290. The molecule has 5 rings (SSSR count). The molecule has 3 aromatic rings. The van der Waals surface area contributed by atoms with Crippen molar-refractivity contribution in [1.82, 2.24) is 10.3 Å². The Balaban J connectivity index is 1.21. The van der Waals surface area contributed by atoms with Crippen LogP contribution in [-0.2, 0) is 17.6 Å². The maximum atomic E-state index is 13.0. The molecule has 2 aliphatic rings. The molecule has 2 N–H and O–H groups in total. The average molecular weight is 510 g/mol. The van der Waals surface area contributed by atoms with Gasteiger partial charge in [-0.2, -0.15) is 0 Å². The minimum Gasteiger partial charge on any atom is -0.493 e. The van der Waals surface area contributed by atoms with E-state index in [-0.39, 0.29) is 24.5 Å². The van der Waals surface area contributed by atoms with E-state index in [0.717, 1.165) is 35.4 Å². The molecule has 0 saturated heterocycles. The molecule has 2 heterocycles. The van der Waals surface area contributed by atoms with Crippen molar-refractivity contribution in [3.8, 4) is 23.0 Å². The van der Waals surface area contributed by atoms with Gasteiger partial charge >= 0.3 is 0 Å². The average Bonchev–Trinajstić information content (AvgIpc) is 3.54. The van der Waals surface area contributed by atoms with Crippen molar-refractivity contribution in [2.24, 2.45) is 0 Å². The van der Waals surface area contributed by atoms with Crippen molar-refractivity contribution < 1.29 is 28.5 Å². The van der Waals surface area contributed by atoms with Crippen molar-refractivity contribution in [3.05, 3.63) is 58.1 Å². The fourth-order valence-electron chi connectivity index (χ4n) is 4.42. The molecule has 1 unspecified atom stereocenters. The van der Waals surface area contributed by atoms with Crippen molar-refractivity contribution in [2.75, 3.05) is 32.9 Å². The molecule has 2 aromatic carbocycles. The van der Waals surface area contributed by atoms with E-state index in [1.165, 1.54) is 11.3 Å². The van der Waals surface area contributed by atoms with Crippen LogP contribution in [0, 0.1) is 0 Å². The summed E-state index contributed by atoms with van der Waals surface area (Å²) in [6.07, 6.45) is 3.15. The number of aromatic nitrogens is 1. The van der Waals surface area contributed by atoms with Crippen LogP contribution in [0.25, 0.3) is 0 Å². The minimum atomic E-state index is -0.327. The van der Waals surface area contributed by atoms with Crippen LogP contribution in [0.2, 0.25) is 0 Å². The number of hydrogen-bond acceptors (Lipinski definition) is 8. The Hall–Kier alpha value is -3.79. The van der Waals surface area contributed by atoms with E-state index in [2.05, 4.69) is 15.6 Å². The highest BCUT2D eigenvalue weighted by molar-refractivity contribution is 7.16. The summed E-state index contributed by atoms with van der Waals surface area (Å²) in [5.41, 5.74) is 2.26. The molecule has 10 heteroatoms. The second kappa shape index (κ2) is 10.4. The first kappa shape index (κ1) is 23.9. The molecule has 0 saturated carbocycles. The Morgan fingerprint density at radius 3 is 2.75 bits per heavy atom. The summed E-state index contributed by atoms with van der Waals surface area (Å²) in [5, 5.41) is 6.41. The van der Waals surface area contributed by atoms with Gasteiger partial charge in [0.2, 0.25) is 12.7 Å². The van der Waals surface area contributed by atoms with E-state index < -0.39 is 0 Å². The van der Waals surface area contributed by atoms with Crippen LogP contribution < -0.4 is 29.6 Å². The number of methoxy groups -OCH3 is 2. The quantitative estimate of drug-likeness (QED) is 0.474. The predicted octanol–water partition coefficient (Wildman–Crippen LogP) is 3.92. The molecule has 0 radical (unpaired) electrons. The normalized spacial score (nSPS) is 15.7. The fraction of sp³-hybridized carbons (Fsp3) is 0.346. The first-order chi connectivity index (χ1) is 17.6. The molecule has 2 amide bonds. The summed E-state index contributed by atoms with van der Waals surface area (Å²) in [7, 11) is 3.20. The van der Waals surface area contributed by atoms with Crippen LogP contribution in [0.5, 0.6) is 23.0 Å². The number of rotatable bonds is 8. The third-order valence-corrected chi connectivity index (χ3v) is 7.33. The number of aryl methyl sites for hydroxylation is 1. The largest absolute Gasteiger partial charge is 0.493 e. The van der Waals surface area contributed by atoms with Gasteiger partial charge in [-0.05, 0) is 61.6 Å². The first-order valence-electron chi connectivity index (χ1n) is 11.7. The van der Waals surface area contributed by atoms with Gasteiger partial charge in [0.25, 0.3) is 5.91 Å². The smallest absolute Gasteiger partial charge is 0.257 e. The number of ether oxygens (including phenoxy) is 4. The van der Waals surface area contributed by atoms with Gasteiger partial charge in [0.05, 0.1) is 25.8 Å². The van der Waals surface area contributed by atoms with E-state index >= 15 is 0 Å². The lowest BCUT2D eigenvalue weighted by molar-refractivity contribution is -0.122. The number of hydrogen-bond donors (Lipinski definition) is 2. The number of nitrogens with zero attached hydrogens (tertiary/aromatic N) is 1. The third kappa shape index (κ3) is 4.94. The van der Waals surface area contributed by atoms with Crippen LogP contribution in [0.1, 0.15) is 45.3 Å². The lowest BCUT2D eigenvalue weighted by atomic mass is 9.90. The molecule has 0 spiro atoms. The number of amides is 2. The zero-order chi connectivity index (χ0) is 25.1. The van der Waals surface area contributed by atoms with Crippen LogP contribution >= 0.6 is 11.3 Å². The summed E-state index contributed by atoms with van der Waals surface area (Å²) < 4.78 is 21.3. The van der Waals surface area contributed by atoms with Gasteiger partial charge in [-0.25, -0.2) is 4.98 Å². The fourth-order valence-corrected chi connectivity index (χ4v) is 5.48. The van der Waals surface area contributed by atoms with Crippen molar-refractivity contribution in [1.29, 1.82) is 0 Å². The van der Waals surface area contributed by atoms with E-state index in [1.54, 1.807) is 32.4 Å². The molecule has 0 bridgehead atoms. The molecule has 188 valence electrons. The van der Waals surface area contributed by atoms with Crippen LogP contribution in [0.4, 0.5) is 5.13 Å². The lowest BCUT2D eigenvalue weighted by Crippen LogP contribution is -2.32. The molecular formula is C26H27N3O6S. The van der Waals surface area contributed by atoms with Crippen molar-refractivity contribution in [2.45, 2.75) is 31.6 Å². The van der Waals surface area contributed by atoms with Crippen LogP contribution in [0.3, 0.4) is 0 Å². The molecule has 9 nitrogen and oxygen atoms in total. The highest BCUT2D eigenvalue weighted by Crippen LogP contribution is 2.37. The number of benzene rings is 2. The van der Waals surface area contributed by atoms with Gasteiger partial charge in [0.15, 0.2) is 28.1 Å². The standard InChI is InChI=1S/C26H27N3O6S/c1-32-18-8-6-15(12-20(18)33-2)10-11-27-25(31)17-4-3-5-22-23(17)28-26(36-22)29-24(30)16-7-9-19-21(13-16)35-14-34-19/h6-9,12-13,17H,3-5,10-11,14H2,1-2H3,(H,27,31)(H,28,29,30). The van der Waals surface area contributed by atoms with Gasteiger partial charge in [-0.15, -0.1) is 11.3 Å². The maximum absolute atomic E-state index is 13.0. The molecule has 1 aromatic heterocycles. The molecule has 36 heavy (non-hydrogen) atoms. The summed E-state index contributed by atoms with van der Waals surface area (Å²) >= 11 is 1.43. The van der Waals surface area contributed by atoms with Gasteiger partial charge in [0, 0.05) is 17.0 Å². The molecule has 1 aliphatic heterocycles. The summed E-state index contributed by atoms with van der Waals surface area (Å²) in [5.74, 6) is 1.85. The molecule has 0 fully saturated rings. The topological polar surface area (TPSA) is 108 Å². The lowest BCUT2D eigenvalue weighted by Gasteiger charge is -2.20. The zero-order valence-electron chi connectivity index (χ0n) is 20.1. The number of anilines is 1. The summed E-state index contributed by atoms with van der Waals surface area (Å²) in [6.45, 7) is 0.648. The highest BCUT2D eigenvalue weighted by Gasteiger charge is 2.30. The Kier molecular flexibility index (Phi) is 6.95. The Morgan fingerprint density at radius 1 is 1.08 bits per heavy atom. The van der Waals surface area contributed by atoms with E-state index in [9.17, 15) is 9.59 Å². The number of fused-ring (bicyclic) bond motifs is 2. The van der Waals surface area contributed by atoms with Gasteiger partial charge in [-0.1, -0.05) is 6.07 Å². The number of nitrogens with one attached hydrogen (secondary N) is 2. The predicted molar refractivity (Wildman–Crippen MR) is 135 cm³/mol. The minimum absolute atomic E-state index is 0.0459. The number of carbonyl (C=O) groups excluding carboxylic acids is 2. The second-order valence-corrected chi connectivity index (χ2v) is 9.61. The van der Waals surface area contributed by atoms with Gasteiger partial charge in [-0.3, -0.25) is 14.9 Å². The van der Waals surface area contributed by atoms with E-state index in [4.69, 9.17) is 18.9 Å². The van der Waals surface area contributed by atoms with Crippen LogP contribution in [0.15, 0.2) is 36.4 Å². The molecular weight excluding hydrogens is 482 g/mol. The second-order valence-electron chi connectivity index (χ2n) is 8.52. The Morgan fingerprint density at radius 2 is 1.92 bits per heavy atom. The highest BCUT2D eigenvalue weighted by atomic mass is 32.1. The van der Waals surface area contributed by atoms with E-state index in [1.807, 2.05) is 18.2 Å². The summed E-state index contributed by atoms with van der Waals surface area (Å²) in [4.78, 5) is 31.5. The Labute approximate surface area is 212 Å². The van der Waals surface area contributed by atoms with Crippen molar-refractivity contribution >= 4 is 28.3 Å². The zero-order valence-corrected chi connectivity index (χ0v) is 20.9. The van der Waals surface area contributed by atoms with Crippen LogP contribution in [-0.4, -0.2) is 44.4 Å². The SMILES string of the molecule is COc1ccc(CCNC(=O)C2CCCc3sc(NC(=O)c4ccc5c(c4)OCO5)nc32)cc1OC. The van der Waals surface area contributed by atoms with Crippen molar-refractivity contribution in [3.63, 3.8) is 0 Å². The number of carbonyl (C=O) groups is 2. The third-order valence-electron chi connectivity index (χ3n) is 6.29. The van der Waals surface area contributed by atoms with E-state index in [0.29, 0.717) is 46.7 Å². The molecule has 1 aliphatic carbocycles. The number of thiazole rings is 1. The van der Waals surface area contributed by atoms with Gasteiger partial charge in [0.1, 0.15) is 0 Å². The maximum Gasteiger partial charge on any atom is 0.257 e. The first-order valence-corrected chi connectivity index (χ1v) is 12.6. The monoisotopic (exact) mass is 509 g/mol. The van der Waals surface area contributed by atoms with Gasteiger partial charge < -0.3 is 24.3 Å². The summed E-state index contributed by atoms with van der Waals surface area (Å²) in [6, 6.07) is 10.8. The molecule has 1 atom stereocenters.